The van der Waals surface area contributed by atoms with Crippen LogP contribution in [0.25, 0.3) is 17.0 Å². The number of aryl methyl sites for hydroxylation is 1. The summed E-state index contributed by atoms with van der Waals surface area (Å²) in [6.07, 6.45) is 5.16. The highest BCUT2D eigenvalue weighted by Crippen LogP contribution is 2.45. The summed E-state index contributed by atoms with van der Waals surface area (Å²) < 4.78 is 5.56. The third-order valence-electron chi connectivity index (χ3n) is 6.84. The van der Waals surface area contributed by atoms with Gasteiger partial charge in [0, 0.05) is 26.8 Å². The minimum Gasteiger partial charge on any atom is -0.452 e. The Morgan fingerprint density at radius 1 is 1.11 bits per heavy atom. The zero-order valence-electron chi connectivity index (χ0n) is 20.3. The number of benzene rings is 1. The van der Waals surface area contributed by atoms with E-state index in [1.165, 1.54) is 10.5 Å². The lowest BCUT2D eigenvalue weighted by Gasteiger charge is -2.28. The number of nitrogens with zero attached hydrogens (tertiary/aromatic N) is 3. The molecule has 4 aromatic rings. The fraction of sp³-hybridized carbons (Fsp3) is 0.241. The van der Waals surface area contributed by atoms with E-state index in [0.29, 0.717) is 10.9 Å². The van der Waals surface area contributed by atoms with Crippen molar-refractivity contribution in [1.29, 1.82) is 0 Å². The van der Waals surface area contributed by atoms with Crippen LogP contribution in [0.5, 0.6) is 0 Å². The first-order valence-corrected chi connectivity index (χ1v) is 14.1. The van der Waals surface area contributed by atoms with Crippen molar-refractivity contribution in [3.63, 3.8) is 0 Å². The number of hydrogen-bond acceptors (Lipinski definition) is 7. The van der Waals surface area contributed by atoms with Crippen LogP contribution in [0.4, 0.5) is 0 Å². The van der Waals surface area contributed by atoms with E-state index in [2.05, 4.69) is 28.6 Å². The third kappa shape index (κ3) is 4.63. The van der Waals surface area contributed by atoms with Gasteiger partial charge in [-0.3, -0.25) is 9.78 Å². The van der Waals surface area contributed by atoms with Crippen molar-refractivity contribution in [2.75, 3.05) is 6.61 Å². The molecule has 1 aliphatic heterocycles. The first kappa shape index (κ1) is 23.8. The van der Waals surface area contributed by atoms with E-state index in [1.807, 2.05) is 48.7 Å². The van der Waals surface area contributed by atoms with Crippen molar-refractivity contribution in [1.82, 2.24) is 9.99 Å². The van der Waals surface area contributed by atoms with E-state index < -0.39 is 5.97 Å². The molecule has 186 valence electrons. The van der Waals surface area contributed by atoms with Crippen LogP contribution in [-0.4, -0.2) is 34.2 Å². The number of amides is 1. The molecule has 1 aromatic carbocycles. The summed E-state index contributed by atoms with van der Waals surface area (Å²) in [4.78, 5) is 33.3. The van der Waals surface area contributed by atoms with E-state index in [1.54, 1.807) is 33.7 Å². The van der Waals surface area contributed by atoms with Crippen LogP contribution < -0.4 is 0 Å². The number of carbonyl (C=O) groups excluding carboxylic acids is 2. The molecule has 1 aliphatic carbocycles. The number of esters is 1. The van der Waals surface area contributed by atoms with E-state index in [-0.39, 0.29) is 24.5 Å². The minimum atomic E-state index is -0.537. The molecule has 1 fully saturated rings. The van der Waals surface area contributed by atoms with E-state index in [4.69, 9.17) is 9.84 Å². The van der Waals surface area contributed by atoms with Crippen molar-refractivity contribution in [3.05, 3.63) is 91.9 Å². The Morgan fingerprint density at radius 2 is 1.95 bits per heavy atom. The molecule has 0 bridgehead atoms. The lowest BCUT2D eigenvalue weighted by atomic mass is 9.79. The second-order valence-electron chi connectivity index (χ2n) is 9.27. The summed E-state index contributed by atoms with van der Waals surface area (Å²) >= 11 is 3.32. The number of hydrogen-bond donors (Lipinski definition) is 0. The molecule has 6 nitrogen and oxygen atoms in total. The molecule has 1 amide bonds. The number of hydrazone groups is 1. The van der Waals surface area contributed by atoms with Gasteiger partial charge < -0.3 is 4.74 Å². The largest absolute Gasteiger partial charge is 0.452 e. The molecule has 0 N–H and O–H groups in total. The average Bonchev–Trinajstić information content (AvgIpc) is 3.68. The molecular weight excluding hydrogens is 502 g/mol. The number of para-hydroxylation sites is 1. The summed E-state index contributed by atoms with van der Waals surface area (Å²) in [5, 5.41) is 11.2. The van der Waals surface area contributed by atoms with Crippen LogP contribution in [0, 0.1) is 12.8 Å². The minimum absolute atomic E-state index is 0.130. The second kappa shape index (κ2) is 10.0. The molecule has 2 unspecified atom stereocenters. The monoisotopic (exact) mass is 527 g/mol. The van der Waals surface area contributed by atoms with Gasteiger partial charge in [-0.25, -0.2) is 9.80 Å². The molecule has 2 aliphatic rings. The van der Waals surface area contributed by atoms with Crippen LogP contribution in [0.1, 0.15) is 51.1 Å². The van der Waals surface area contributed by atoms with Crippen molar-refractivity contribution < 1.29 is 14.3 Å². The van der Waals surface area contributed by atoms with Crippen molar-refractivity contribution in [2.45, 2.75) is 32.2 Å². The van der Waals surface area contributed by atoms with Crippen LogP contribution in [-0.2, 0) is 9.53 Å². The van der Waals surface area contributed by atoms with Gasteiger partial charge in [-0.1, -0.05) is 30.3 Å². The van der Waals surface area contributed by atoms with Crippen LogP contribution in [0.2, 0.25) is 0 Å². The number of rotatable bonds is 5. The molecule has 0 saturated heterocycles. The average molecular weight is 528 g/mol. The number of allylic oxidation sites excluding steroid dienone is 1. The van der Waals surface area contributed by atoms with E-state index in [0.717, 1.165) is 41.1 Å². The molecule has 0 radical (unpaired) electrons. The predicted molar refractivity (Wildman–Crippen MR) is 148 cm³/mol. The van der Waals surface area contributed by atoms with Crippen molar-refractivity contribution in [2.24, 2.45) is 11.0 Å². The molecule has 37 heavy (non-hydrogen) atoms. The normalized spacial score (nSPS) is 20.2. The fourth-order valence-corrected chi connectivity index (χ4v) is 6.79. The highest BCUT2D eigenvalue weighted by Gasteiger charge is 2.44. The number of carbonyl (C=O) groups is 2. The summed E-state index contributed by atoms with van der Waals surface area (Å²) in [6.45, 7) is 1.47. The summed E-state index contributed by atoms with van der Waals surface area (Å²) in [5.41, 5.74) is 4.02. The summed E-state index contributed by atoms with van der Waals surface area (Å²) in [5.74, 6) is -0.727. The molecule has 6 rings (SSSR count). The van der Waals surface area contributed by atoms with Gasteiger partial charge in [0.2, 0.25) is 0 Å². The zero-order valence-corrected chi connectivity index (χ0v) is 21.9. The van der Waals surface area contributed by atoms with Gasteiger partial charge in [0.1, 0.15) is 0 Å². The Kier molecular flexibility index (Phi) is 6.44. The Bertz CT molecular complexity index is 1520. The van der Waals surface area contributed by atoms with Gasteiger partial charge in [-0.05, 0) is 72.9 Å². The Labute approximate surface area is 222 Å². The lowest BCUT2D eigenvalue weighted by molar-refractivity contribution is -0.136. The molecule has 0 spiro atoms. The van der Waals surface area contributed by atoms with Gasteiger partial charge in [-0.15, -0.1) is 22.7 Å². The number of aromatic nitrogens is 1. The third-order valence-corrected chi connectivity index (χ3v) is 8.60. The molecule has 3 aromatic heterocycles. The van der Waals surface area contributed by atoms with Crippen molar-refractivity contribution >= 4 is 57.2 Å². The SMILES string of the molecule is Cc1cc(C(=O)OCC(=O)N2N=C3/C(=C/c4cccs4)CCCC3C2c2cccs2)c2ccccc2n1. The highest BCUT2D eigenvalue weighted by atomic mass is 32.1. The predicted octanol–water partition coefficient (Wildman–Crippen LogP) is 6.65. The number of ether oxygens (including phenoxy) is 1. The first-order valence-electron chi connectivity index (χ1n) is 12.3. The van der Waals surface area contributed by atoms with Crippen LogP contribution in [0.15, 0.2) is 76.0 Å². The van der Waals surface area contributed by atoms with Gasteiger partial charge in [0.15, 0.2) is 6.61 Å². The fourth-order valence-electron chi connectivity index (χ4n) is 5.24. The molecular formula is C29H25N3O3S2. The maximum atomic E-state index is 13.5. The van der Waals surface area contributed by atoms with Crippen molar-refractivity contribution in [3.8, 4) is 0 Å². The summed E-state index contributed by atoms with van der Waals surface area (Å²) in [6, 6.07) is 17.2. The molecule has 2 atom stereocenters. The van der Waals surface area contributed by atoms with Gasteiger partial charge in [0.05, 0.1) is 22.8 Å². The second-order valence-corrected chi connectivity index (χ2v) is 11.2. The van der Waals surface area contributed by atoms with Crippen LogP contribution >= 0.6 is 22.7 Å². The highest BCUT2D eigenvalue weighted by molar-refractivity contribution is 7.11. The van der Waals surface area contributed by atoms with E-state index in [9.17, 15) is 9.59 Å². The quantitative estimate of drug-likeness (QED) is 0.273. The van der Waals surface area contributed by atoms with Gasteiger partial charge in [0.25, 0.3) is 5.91 Å². The molecule has 8 heteroatoms. The Hall–Kier alpha value is -3.62. The first-order chi connectivity index (χ1) is 18.1. The standard InChI is InChI=1S/C29H25N3O3S2/c1-18-15-23(21-9-2-3-11-24(21)30-18)29(34)35-17-26(33)32-28(25-12-6-14-37-25)22-10-4-7-19(27(22)31-32)16-20-8-5-13-36-20/h2-3,5-6,8-9,11-16,22,28H,4,7,10,17H2,1H3/b19-16+. The smallest absolute Gasteiger partial charge is 0.339 e. The maximum absolute atomic E-state index is 13.5. The number of pyridine rings is 1. The van der Waals surface area contributed by atoms with Gasteiger partial charge >= 0.3 is 5.97 Å². The number of thiophene rings is 2. The maximum Gasteiger partial charge on any atom is 0.339 e. The molecule has 4 heterocycles. The number of fused-ring (bicyclic) bond motifs is 2. The zero-order chi connectivity index (χ0) is 25.4. The van der Waals surface area contributed by atoms with Gasteiger partial charge in [-0.2, -0.15) is 5.10 Å². The topological polar surface area (TPSA) is 71.9 Å². The van der Waals surface area contributed by atoms with E-state index >= 15 is 0 Å². The Balaban J connectivity index is 1.27. The summed E-state index contributed by atoms with van der Waals surface area (Å²) in [7, 11) is 0. The Morgan fingerprint density at radius 3 is 2.76 bits per heavy atom. The molecule has 1 saturated carbocycles. The lowest BCUT2D eigenvalue weighted by Crippen LogP contribution is -2.34. The van der Waals surface area contributed by atoms with Crippen LogP contribution in [0.3, 0.4) is 0 Å².